The van der Waals surface area contributed by atoms with Gasteiger partial charge in [0.1, 0.15) is 12.4 Å². The maximum atomic E-state index is 12.7. The molecule has 2 N–H and O–H groups in total. The molecule has 1 fully saturated rings. The Balaban J connectivity index is 1.66. The van der Waals surface area contributed by atoms with Crippen molar-refractivity contribution in [2.24, 2.45) is 11.7 Å². The fourth-order valence-corrected chi connectivity index (χ4v) is 3.46. The third kappa shape index (κ3) is 3.94. The molecule has 2 aromatic rings. The molecule has 2 amide bonds. The van der Waals surface area contributed by atoms with Crippen molar-refractivity contribution < 1.29 is 14.3 Å². The van der Waals surface area contributed by atoms with E-state index in [1.807, 2.05) is 29.6 Å². The Kier molecular flexibility index (Phi) is 5.15. The average Bonchev–Trinajstić information content (AvgIpc) is 3.13. The molecule has 2 heterocycles. The fraction of sp³-hybridized carbons (Fsp3) is 0.333. The zero-order valence-electron chi connectivity index (χ0n) is 13.3. The summed E-state index contributed by atoms with van der Waals surface area (Å²) in [4.78, 5) is 26.9. The van der Waals surface area contributed by atoms with Gasteiger partial charge in [-0.2, -0.15) is 0 Å². The van der Waals surface area contributed by atoms with Crippen LogP contribution < -0.4 is 10.5 Å². The van der Waals surface area contributed by atoms with Crippen LogP contribution in [0.5, 0.6) is 5.75 Å². The van der Waals surface area contributed by atoms with Crippen molar-refractivity contribution >= 4 is 23.2 Å². The Labute approximate surface area is 145 Å². The van der Waals surface area contributed by atoms with Crippen molar-refractivity contribution in [2.45, 2.75) is 19.4 Å². The fourth-order valence-electron chi connectivity index (χ4n) is 2.84. The van der Waals surface area contributed by atoms with Crippen LogP contribution in [-0.4, -0.2) is 29.8 Å². The molecule has 0 spiro atoms. The number of primary amides is 1. The first-order valence-corrected chi connectivity index (χ1v) is 8.85. The van der Waals surface area contributed by atoms with Gasteiger partial charge in [0.05, 0.1) is 5.92 Å². The maximum absolute atomic E-state index is 12.7. The van der Waals surface area contributed by atoms with Crippen molar-refractivity contribution in [3.05, 3.63) is 52.2 Å². The monoisotopic (exact) mass is 344 g/mol. The van der Waals surface area contributed by atoms with E-state index in [2.05, 4.69) is 0 Å². The van der Waals surface area contributed by atoms with Gasteiger partial charge in [0, 0.05) is 23.5 Å². The quantitative estimate of drug-likeness (QED) is 0.906. The largest absolute Gasteiger partial charge is 0.488 e. The Hall–Kier alpha value is -2.34. The van der Waals surface area contributed by atoms with Gasteiger partial charge in [-0.1, -0.05) is 12.1 Å². The number of thiophene rings is 1. The number of benzene rings is 1. The summed E-state index contributed by atoms with van der Waals surface area (Å²) in [5, 5.41) is 2.00. The third-order valence-corrected chi connectivity index (χ3v) is 5.00. The van der Waals surface area contributed by atoms with Crippen molar-refractivity contribution in [2.75, 3.05) is 13.1 Å². The molecule has 126 valence electrons. The second-order valence-corrected chi connectivity index (χ2v) is 6.92. The molecule has 3 rings (SSSR count). The van der Waals surface area contributed by atoms with Gasteiger partial charge in [0.2, 0.25) is 5.91 Å². The first kappa shape index (κ1) is 16.5. The minimum absolute atomic E-state index is 0.0810. The van der Waals surface area contributed by atoms with E-state index in [9.17, 15) is 9.59 Å². The van der Waals surface area contributed by atoms with E-state index in [1.165, 1.54) is 0 Å². The molecule has 1 aliphatic heterocycles. The van der Waals surface area contributed by atoms with Crippen LogP contribution in [0, 0.1) is 5.92 Å². The summed E-state index contributed by atoms with van der Waals surface area (Å²) in [6.07, 6.45) is 1.55. The molecule has 24 heavy (non-hydrogen) atoms. The summed E-state index contributed by atoms with van der Waals surface area (Å²) in [6, 6.07) is 11.2. The highest BCUT2D eigenvalue weighted by Gasteiger charge is 2.27. The number of piperidine rings is 1. The molecule has 0 bridgehead atoms. The first-order valence-electron chi connectivity index (χ1n) is 7.97. The molecule has 0 unspecified atom stereocenters. The smallest absolute Gasteiger partial charge is 0.254 e. The van der Waals surface area contributed by atoms with Gasteiger partial charge in [-0.15, -0.1) is 11.3 Å². The number of ether oxygens (including phenoxy) is 1. The summed E-state index contributed by atoms with van der Waals surface area (Å²) in [7, 11) is 0. The van der Waals surface area contributed by atoms with E-state index in [1.54, 1.807) is 28.4 Å². The molecular formula is C18H20N2O3S. The second-order valence-electron chi connectivity index (χ2n) is 5.89. The van der Waals surface area contributed by atoms with Gasteiger partial charge >= 0.3 is 0 Å². The van der Waals surface area contributed by atoms with E-state index in [0.29, 0.717) is 31.0 Å². The summed E-state index contributed by atoms with van der Waals surface area (Å²) in [5.41, 5.74) is 5.96. The molecular weight excluding hydrogens is 324 g/mol. The van der Waals surface area contributed by atoms with Gasteiger partial charge in [0.25, 0.3) is 5.91 Å². The number of carbonyl (C=O) groups excluding carboxylic acids is 2. The minimum Gasteiger partial charge on any atom is -0.488 e. The van der Waals surface area contributed by atoms with Crippen LogP contribution >= 0.6 is 11.3 Å². The van der Waals surface area contributed by atoms with E-state index in [4.69, 9.17) is 10.5 Å². The number of nitrogens with zero attached hydrogens (tertiary/aromatic N) is 1. The SMILES string of the molecule is NC(=O)[C@H]1CCCN(C(=O)c2cccc(OCc3cccs3)c2)C1. The van der Waals surface area contributed by atoms with Crippen molar-refractivity contribution in [3.8, 4) is 5.75 Å². The molecule has 5 nitrogen and oxygen atoms in total. The van der Waals surface area contributed by atoms with Crippen LogP contribution in [0.25, 0.3) is 0 Å². The molecule has 1 aliphatic rings. The van der Waals surface area contributed by atoms with E-state index in [-0.39, 0.29) is 17.7 Å². The number of carbonyl (C=O) groups is 2. The summed E-state index contributed by atoms with van der Waals surface area (Å²) < 4.78 is 5.75. The Morgan fingerprint density at radius 3 is 2.92 bits per heavy atom. The third-order valence-electron chi connectivity index (χ3n) is 4.15. The Bertz CT molecular complexity index is 715. The summed E-state index contributed by atoms with van der Waals surface area (Å²) >= 11 is 1.63. The number of hydrogen-bond donors (Lipinski definition) is 1. The lowest BCUT2D eigenvalue weighted by Gasteiger charge is -2.31. The van der Waals surface area contributed by atoms with Crippen molar-refractivity contribution in [1.82, 2.24) is 4.90 Å². The minimum atomic E-state index is -0.333. The molecule has 0 aliphatic carbocycles. The predicted octanol–water partition coefficient (Wildman–Crippen LogP) is 2.66. The molecule has 1 saturated heterocycles. The van der Waals surface area contributed by atoms with Crippen molar-refractivity contribution in [3.63, 3.8) is 0 Å². The number of amides is 2. The summed E-state index contributed by atoms with van der Waals surface area (Å²) in [5.74, 6) is 0.00160. The van der Waals surface area contributed by atoms with E-state index < -0.39 is 0 Å². The Morgan fingerprint density at radius 2 is 2.17 bits per heavy atom. The van der Waals surface area contributed by atoms with Crippen LogP contribution in [-0.2, 0) is 11.4 Å². The number of nitrogens with two attached hydrogens (primary N) is 1. The molecule has 0 saturated carbocycles. The standard InChI is InChI=1S/C18H20N2O3S/c19-17(21)14-5-2-8-20(11-14)18(22)13-4-1-6-15(10-13)23-12-16-7-3-9-24-16/h1,3-4,6-7,9-10,14H,2,5,8,11-12H2,(H2,19,21)/t14-/m0/s1. The van der Waals surface area contributed by atoms with Crippen LogP contribution in [0.4, 0.5) is 0 Å². The molecule has 6 heteroatoms. The molecule has 1 atom stereocenters. The summed E-state index contributed by atoms with van der Waals surface area (Å²) in [6.45, 7) is 1.54. The highest BCUT2D eigenvalue weighted by Crippen LogP contribution is 2.21. The normalized spacial score (nSPS) is 17.5. The van der Waals surface area contributed by atoms with Gasteiger partial charge in [-0.25, -0.2) is 0 Å². The topological polar surface area (TPSA) is 72.6 Å². The van der Waals surface area contributed by atoms with E-state index >= 15 is 0 Å². The van der Waals surface area contributed by atoms with Crippen LogP contribution in [0.2, 0.25) is 0 Å². The van der Waals surface area contributed by atoms with Gasteiger partial charge in [0.15, 0.2) is 0 Å². The lowest BCUT2D eigenvalue weighted by atomic mass is 9.97. The average molecular weight is 344 g/mol. The van der Waals surface area contributed by atoms with Gasteiger partial charge in [-0.05, 0) is 42.5 Å². The van der Waals surface area contributed by atoms with Crippen LogP contribution in [0.1, 0.15) is 28.1 Å². The van der Waals surface area contributed by atoms with Crippen molar-refractivity contribution in [1.29, 1.82) is 0 Å². The molecule has 1 aromatic carbocycles. The predicted molar refractivity (Wildman–Crippen MR) is 92.9 cm³/mol. The zero-order chi connectivity index (χ0) is 16.9. The number of hydrogen-bond acceptors (Lipinski definition) is 4. The Morgan fingerprint density at radius 1 is 1.29 bits per heavy atom. The molecule has 1 aromatic heterocycles. The van der Waals surface area contributed by atoms with Gasteiger partial charge in [-0.3, -0.25) is 9.59 Å². The maximum Gasteiger partial charge on any atom is 0.254 e. The van der Waals surface area contributed by atoms with Gasteiger partial charge < -0.3 is 15.4 Å². The van der Waals surface area contributed by atoms with E-state index in [0.717, 1.165) is 17.7 Å². The highest BCUT2D eigenvalue weighted by molar-refractivity contribution is 7.09. The van der Waals surface area contributed by atoms with Crippen LogP contribution in [0.15, 0.2) is 41.8 Å². The lowest BCUT2D eigenvalue weighted by molar-refractivity contribution is -0.123. The zero-order valence-corrected chi connectivity index (χ0v) is 14.1. The highest BCUT2D eigenvalue weighted by atomic mass is 32.1. The first-order chi connectivity index (χ1) is 11.6. The lowest BCUT2D eigenvalue weighted by Crippen LogP contribution is -2.44. The molecule has 0 radical (unpaired) electrons. The number of likely N-dealkylation sites (tertiary alicyclic amines) is 1. The van der Waals surface area contributed by atoms with Crippen LogP contribution in [0.3, 0.4) is 0 Å². The second kappa shape index (κ2) is 7.49. The number of rotatable bonds is 5.